The average Bonchev–Trinajstić information content (AvgIpc) is 3.20. The first kappa shape index (κ1) is 48.9. The van der Waals surface area contributed by atoms with Crippen LogP contribution in [0.5, 0.6) is 0 Å². The molecule has 1 aromatic carbocycles. The maximum absolute atomic E-state index is 13.9. The lowest BCUT2D eigenvalue weighted by atomic mass is 9.95. The molecule has 0 radical (unpaired) electrons. The molecule has 9 nitrogen and oxygen atoms in total. The van der Waals surface area contributed by atoms with Crippen LogP contribution in [0.1, 0.15) is 199 Å². The van der Waals surface area contributed by atoms with Crippen molar-refractivity contribution in [1.29, 1.82) is 0 Å². The van der Waals surface area contributed by atoms with Gasteiger partial charge in [-0.25, -0.2) is 4.79 Å². The molecule has 1 aromatic rings. The van der Waals surface area contributed by atoms with Gasteiger partial charge in [-0.1, -0.05) is 205 Å². The molecular formula is C46H82N2O7. The van der Waals surface area contributed by atoms with Gasteiger partial charge in [0, 0.05) is 13.0 Å². The van der Waals surface area contributed by atoms with Crippen molar-refractivity contribution in [3.05, 3.63) is 35.9 Å². The van der Waals surface area contributed by atoms with Crippen molar-refractivity contribution in [2.24, 2.45) is 0 Å². The normalized spacial score (nSPS) is 19.7. The van der Waals surface area contributed by atoms with Crippen molar-refractivity contribution >= 4 is 12.0 Å². The molecule has 9 heteroatoms. The second-order valence-corrected chi connectivity index (χ2v) is 16.1. The predicted octanol–water partition coefficient (Wildman–Crippen LogP) is 10.5. The quantitative estimate of drug-likeness (QED) is 0.0513. The zero-order valence-corrected chi connectivity index (χ0v) is 35.1. The number of nitrogens with zero attached hydrogens (tertiary/aromatic N) is 1. The Morgan fingerprint density at radius 1 is 0.636 bits per heavy atom. The Balaban J connectivity index is 1.89. The third kappa shape index (κ3) is 22.4. The van der Waals surface area contributed by atoms with Gasteiger partial charge in [0.05, 0.1) is 6.61 Å². The summed E-state index contributed by atoms with van der Waals surface area (Å²) in [5.74, 6) is -0.104. The first-order valence-corrected chi connectivity index (χ1v) is 22.8. The number of nitrogens with one attached hydrogen (secondary N) is 1. The van der Waals surface area contributed by atoms with Gasteiger partial charge in [-0.2, -0.15) is 0 Å². The molecule has 5 atom stereocenters. The zero-order chi connectivity index (χ0) is 39.8. The number of aliphatic hydroxyl groups excluding tert-OH is 3. The van der Waals surface area contributed by atoms with Crippen LogP contribution < -0.4 is 5.32 Å². The Bertz CT molecular complexity index is 1060. The number of hydrogen-bond acceptors (Lipinski definition) is 7. The van der Waals surface area contributed by atoms with Crippen LogP contribution >= 0.6 is 0 Å². The molecular weight excluding hydrogens is 693 g/mol. The van der Waals surface area contributed by atoms with E-state index in [0.29, 0.717) is 13.0 Å². The lowest BCUT2D eigenvalue weighted by Gasteiger charge is -2.46. The van der Waals surface area contributed by atoms with Crippen molar-refractivity contribution in [2.75, 3.05) is 13.2 Å². The van der Waals surface area contributed by atoms with E-state index in [9.17, 15) is 24.9 Å². The van der Waals surface area contributed by atoms with Crippen LogP contribution in [0.15, 0.2) is 30.3 Å². The minimum absolute atomic E-state index is 0.0313. The minimum Gasteiger partial charge on any atom is -0.445 e. The van der Waals surface area contributed by atoms with E-state index in [4.69, 9.17) is 9.47 Å². The molecule has 1 saturated heterocycles. The third-order valence-electron chi connectivity index (χ3n) is 11.3. The van der Waals surface area contributed by atoms with Gasteiger partial charge in [-0.3, -0.25) is 4.79 Å². The summed E-state index contributed by atoms with van der Waals surface area (Å²) in [6.07, 6.45) is 27.6. The van der Waals surface area contributed by atoms with Crippen LogP contribution in [0.25, 0.3) is 0 Å². The van der Waals surface area contributed by atoms with E-state index in [2.05, 4.69) is 19.2 Å². The number of ether oxygens (including phenoxy) is 2. The molecule has 0 saturated carbocycles. The highest BCUT2D eigenvalue weighted by atomic mass is 16.6. The SMILES string of the molecule is CCCCCCCCCCCCCCCCCC(=O)N(CCCCCCCCCCCCCC)C1O[C@H](CO)[C@H](O)[C@H](O)[C@H]1NC(=O)OCc1ccccc1. The summed E-state index contributed by atoms with van der Waals surface area (Å²) in [7, 11) is 0. The molecule has 0 bridgehead atoms. The van der Waals surface area contributed by atoms with Crippen molar-refractivity contribution in [3.63, 3.8) is 0 Å². The number of amides is 2. The van der Waals surface area contributed by atoms with Crippen LogP contribution in [0, 0.1) is 0 Å². The van der Waals surface area contributed by atoms with Gasteiger partial charge in [-0.05, 0) is 18.4 Å². The average molecular weight is 775 g/mol. The highest BCUT2D eigenvalue weighted by Crippen LogP contribution is 2.26. The van der Waals surface area contributed by atoms with E-state index in [1.54, 1.807) is 4.90 Å². The van der Waals surface area contributed by atoms with Gasteiger partial charge in [0.1, 0.15) is 31.0 Å². The number of carbonyl (C=O) groups excluding carboxylic acids is 2. The first-order chi connectivity index (χ1) is 26.9. The first-order valence-electron chi connectivity index (χ1n) is 22.8. The Morgan fingerprint density at radius 2 is 1.07 bits per heavy atom. The molecule has 55 heavy (non-hydrogen) atoms. The molecule has 0 spiro atoms. The van der Waals surface area contributed by atoms with Gasteiger partial charge in [0.15, 0.2) is 6.23 Å². The van der Waals surface area contributed by atoms with E-state index < -0.39 is 43.3 Å². The Hall–Kier alpha value is -2.20. The topological polar surface area (TPSA) is 129 Å². The molecule has 1 heterocycles. The number of carbonyl (C=O) groups is 2. The maximum atomic E-state index is 13.9. The molecule has 2 rings (SSSR count). The lowest BCUT2D eigenvalue weighted by molar-refractivity contribution is -0.230. The maximum Gasteiger partial charge on any atom is 0.407 e. The lowest BCUT2D eigenvalue weighted by Crippen LogP contribution is -2.68. The number of aliphatic hydroxyl groups is 3. The zero-order valence-electron chi connectivity index (χ0n) is 35.1. The van der Waals surface area contributed by atoms with Crippen molar-refractivity contribution in [2.45, 2.75) is 231 Å². The van der Waals surface area contributed by atoms with E-state index in [0.717, 1.165) is 50.5 Å². The van der Waals surface area contributed by atoms with E-state index >= 15 is 0 Å². The largest absolute Gasteiger partial charge is 0.445 e. The smallest absolute Gasteiger partial charge is 0.407 e. The predicted molar refractivity (Wildman–Crippen MR) is 224 cm³/mol. The summed E-state index contributed by atoms with van der Waals surface area (Å²) in [6.45, 7) is 4.42. The van der Waals surface area contributed by atoms with Crippen molar-refractivity contribution in [3.8, 4) is 0 Å². The fourth-order valence-electron chi connectivity index (χ4n) is 7.73. The molecule has 1 unspecified atom stereocenters. The van der Waals surface area contributed by atoms with E-state index in [1.165, 1.54) is 128 Å². The van der Waals surface area contributed by atoms with E-state index in [1.807, 2.05) is 30.3 Å². The van der Waals surface area contributed by atoms with Gasteiger partial charge in [0.2, 0.25) is 5.91 Å². The van der Waals surface area contributed by atoms with Gasteiger partial charge < -0.3 is 35.0 Å². The summed E-state index contributed by atoms with van der Waals surface area (Å²) >= 11 is 0. The Kier molecular flexibility index (Phi) is 29.2. The summed E-state index contributed by atoms with van der Waals surface area (Å²) in [6, 6.07) is 8.14. The second-order valence-electron chi connectivity index (χ2n) is 16.1. The number of hydrogen-bond donors (Lipinski definition) is 4. The fourth-order valence-corrected chi connectivity index (χ4v) is 7.73. The monoisotopic (exact) mass is 775 g/mol. The molecule has 0 aliphatic carbocycles. The summed E-state index contributed by atoms with van der Waals surface area (Å²) in [5, 5.41) is 34.7. The molecule has 1 fully saturated rings. The third-order valence-corrected chi connectivity index (χ3v) is 11.3. The van der Waals surface area contributed by atoms with Crippen LogP contribution in [-0.2, 0) is 20.9 Å². The van der Waals surface area contributed by atoms with Crippen LogP contribution in [0.2, 0.25) is 0 Å². The molecule has 4 N–H and O–H groups in total. The summed E-state index contributed by atoms with van der Waals surface area (Å²) in [4.78, 5) is 28.5. The standard InChI is InChI=1S/C46H82N2O7/c1-3-5-7-9-11-13-15-17-18-19-20-22-24-26-31-35-41(50)48(36-32-27-25-23-21-16-14-12-10-8-6-4-2)45-42(44(52)43(51)40(37-49)55-45)47-46(53)54-38-39-33-29-28-30-34-39/h28-30,33-34,40,42-45,49,51-52H,3-27,31-32,35-38H2,1-2H3,(H,47,53)/t40-,42-,43+,44-,45?/m1/s1. The molecule has 0 aromatic heterocycles. The minimum atomic E-state index is -1.47. The Morgan fingerprint density at radius 3 is 1.53 bits per heavy atom. The number of unbranched alkanes of at least 4 members (excludes halogenated alkanes) is 25. The molecule has 1 aliphatic rings. The van der Waals surface area contributed by atoms with Crippen molar-refractivity contribution in [1.82, 2.24) is 10.2 Å². The summed E-state index contributed by atoms with van der Waals surface area (Å²) in [5.41, 5.74) is 0.808. The fraction of sp³-hybridized carbons (Fsp3) is 0.826. The molecule has 1 aliphatic heterocycles. The van der Waals surface area contributed by atoms with Crippen LogP contribution in [0.4, 0.5) is 4.79 Å². The van der Waals surface area contributed by atoms with Gasteiger partial charge >= 0.3 is 6.09 Å². The van der Waals surface area contributed by atoms with Crippen molar-refractivity contribution < 1.29 is 34.4 Å². The number of rotatable bonds is 34. The van der Waals surface area contributed by atoms with Crippen LogP contribution in [-0.4, -0.2) is 76.0 Å². The van der Waals surface area contributed by atoms with Gasteiger partial charge in [0.25, 0.3) is 0 Å². The number of alkyl carbamates (subject to hydrolysis) is 1. The van der Waals surface area contributed by atoms with Gasteiger partial charge in [-0.15, -0.1) is 0 Å². The number of benzene rings is 1. The summed E-state index contributed by atoms with van der Waals surface area (Å²) < 4.78 is 11.6. The highest BCUT2D eigenvalue weighted by Gasteiger charge is 2.48. The van der Waals surface area contributed by atoms with E-state index in [-0.39, 0.29) is 12.5 Å². The molecule has 2 amide bonds. The van der Waals surface area contributed by atoms with Crippen LogP contribution in [0.3, 0.4) is 0 Å². The molecule has 318 valence electrons. The Labute approximate surface area is 335 Å². The second kappa shape index (κ2) is 32.8. The highest BCUT2D eigenvalue weighted by molar-refractivity contribution is 5.76.